The number of methoxy groups -OCH3 is 1. The molecule has 10 heteroatoms. The first-order valence-electron chi connectivity index (χ1n) is 11.8. The third kappa shape index (κ3) is 4.51. The van der Waals surface area contributed by atoms with Crippen LogP contribution < -0.4 is 10.1 Å². The van der Waals surface area contributed by atoms with E-state index in [0.29, 0.717) is 23.1 Å². The van der Waals surface area contributed by atoms with Crippen LogP contribution in [0.3, 0.4) is 0 Å². The lowest BCUT2D eigenvalue weighted by Crippen LogP contribution is -2.29. The van der Waals surface area contributed by atoms with Crippen molar-refractivity contribution in [1.29, 1.82) is 0 Å². The zero-order chi connectivity index (χ0) is 26.1. The van der Waals surface area contributed by atoms with Crippen LogP contribution in [0.1, 0.15) is 40.3 Å². The van der Waals surface area contributed by atoms with E-state index in [0.717, 1.165) is 28.2 Å². The van der Waals surface area contributed by atoms with E-state index in [2.05, 4.69) is 26.3 Å². The monoisotopic (exact) mass is 514 g/mol. The van der Waals surface area contributed by atoms with Crippen LogP contribution in [0.25, 0.3) is 5.69 Å². The highest BCUT2D eigenvalue weighted by molar-refractivity contribution is 7.80. The number of nitrogens with zero attached hydrogens (tertiary/aromatic N) is 5. The Morgan fingerprint density at radius 2 is 1.97 bits per heavy atom. The number of nitro benzene ring substituents is 1. The van der Waals surface area contributed by atoms with Gasteiger partial charge in [-0.1, -0.05) is 12.1 Å². The summed E-state index contributed by atoms with van der Waals surface area (Å²) >= 11 is 5.82. The highest BCUT2D eigenvalue weighted by Crippen LogP contribution is 2.43. The molecule has 0 bridgehead atoms. The van der Waals surface area contributed by atoms with Crippen molar-refractivity contribution in [1.82, 2.24) is 24.8 Å². The van der Waals surface area contributed by atoms with E-state index < -0.39 is 4.92 Å². The van der Waals surface area contributed by atoms with Gasteiger partial charge in [-0.15, -0.1) is 0 Å². The second-order valence-electron chi connectivity index (χ2n) is 8.89. The lowest BCUT2D eigenvalue weighted by atomic mass is 9.96. The van der Waals surface area contributed by atoms with Gasteiger partial charge in [-0.25, -0.2) is 0 Å². The molecule has 188 valence electrons. The first-order valence-corrected chi connectivity index (χ1v) is 12.2. The van der Waals surface area contributed by atoms with Gasteiger partial charge in [-0.2, -0.15) is 0 Å². The third-order valence-electron chi connectivity index (χ3n) is 6.68. The van der Waals surface area contributed by atoms with Crippen LogP contribution in [0.5, 0.6) is 5.75 Å². The minimum Gasteiger partial charge on any atom is -0.495 e. The number of nitrogens with one attached hydrogen (secondary N) is 1. The number of nitro groups is 1. The Labute approximate surface area is 219 Å². The Morgan fingerprint density at radius 1 is 1.14 bits per heavy atom. The van der Waals surface area contributed by atoms with E-state index in [4.69, 9.17) is 17.0 Å². The minimum atomic E-state index is -0.399. The number of aromatic nitrogens is 3. The molecule has 37 heavy (non-hydrogen) atoms. The fraction of sp³-hybridized carbons (Fsp3) is 0.222. The molecule has 0 aliphatic carbocycles. The number of hydrogen-bond acceptors (Lipinski definition) is 6. The van der Waals surface area contributed by atoms with E-state index in [9.17, 15) is 10.1 Å². The van der Waals surface area contributed by atoms with Crippen molar-refractivity contribution in [2.75, 3.05) is 7.11 Å². The summed E-state index contributed by atoms with van der Waals surface area (Å²) < 4.78 is 7.58. The maximum atomic E-state index is 11.5. The Bertz CT molecular complexity index is 1460. The molecule has 1 fully saturated rings. The van der Waals surface area contributed by atoms with E-state index in [-0.39, 0.29) is 17.8 Å². The van der Waals surface area contributed by atoms with Crippen molar-refractivity contribution < 1.29 is 9.66 Å². The second-order valence-corrected chi connectivity index (χ2v) is 9.28. The molecular formula is C27H26N6O3S. The first-order chi connectivity index (χ1) is 17.9. The van der Waals surface area contributed by atoms with Crippen LogP contribution >= 0.6 is 12.2 Å². The van der Waals surface area contributed by atoms with Crippen LogP contribution in [-0.2, 0) is 6.54 Å². The minimum absolute atomic E-state index is 0.00173. The summed E-state index contributed by atoms with van der Waals surface area (Å²) in [5.74, 6) is 0.549. The lowest BCUT2D eigenvalue weighted by Gasteiger charge is -2.28. The molecule has 1 aromatic carbocycles. The van der Waals surface area contributed by atoms with E-state index in [1.54, 1.807) is 31.6 Å². The molecule has 2 atom stereocenters. The second kappa shape index (κ2) is 9.98. The number of pyridine rings is 2. The molecule has 0 radical (unpaired) electrons. The van der Waals surface area contributed by atoms with Crippen molar-refractivity contribution in [3.05, 3.63) is 112 Å². The standard InChI is InChI=1S/C27H26N6O3S/c1-17-13-21(18(2)32(17)23-14-20(33(34)35)9-10-24(23)36-3)26-25(22-8-4-5-12-29-22)30-27(37)31(26)16-19-7-6-11-28-15-19/h4-15,25-26H,16H2,1-3H3,(H,30,37)/t25-,26-/m0/s1. The summed E-state index contributed by atoms with van der Waals surface area (Å²) in [6.07, 6.45) is 5.36. The number of ether oxygens (including phenoxy) is 1. The first kappa shape index (κ1) is 24.4. The molecule has 4 heterocycles. The fourth-order valence-electron chi connectivity index (χ4n) is 5.03. The van der Waals surface area contributed by atoms with E-state index in [1.165, 1.54) is 6.07 Å². The van der Waals surface area contributed by atoms with Gasteiger partial charge in [0.15, 0.2) is 5.11 Å². The van der Waals surface area contributed by atoms with Crippen LogP contribution in [-0.4, -0.2) is 36.6 Å². The highest BCUT2D eigenvalue weighted by Gasteiger charge is 2.41. The highest BCUT2D eigenvalue weighted by atomic mass is 32.1. The van der Waals surface area contributed by atoms with Gasteiger partial charge >= 0.3 is 0 Å². The Morgan fingerprint density at radius 3 is 2.65 bits per heavy atom. The average molecular weight is 515 g/mol. The molecule has 1 aliphatic rings. The predicted octanol–water partition coefficient (Wildman–Crippen LogP) is 4.97. The van der Waals surface area contributed by atoms with Crippen molar-refractivity contribution in [3.8, 4) is 11.4 Å². The van der Waals surface area contributed by atoms with Crippen molar-refractivity contribution in [2.45, 2.75) is 32.5 Å². The van der Waals surface area contributed by atoms with Gasteiger partial charge in [-0.3, -0.25) is 20.1 Å². The molecule has 1 aliphatic heterocycles. The third-order valence-corrected chi connectivity index (χ3v) is 7.03. The van der Waals surface area contributed by atoms with Gasteiger partial charge in [0.05, 0.1) is 35.5 Å². The van der Waals surface area contributed by atoms with Gasteiger partial charge < -0.3 is 19.5 Å². The quantitative estimate of drug-likeness (QED) is 0.210. The van der Waals surface area contributed by atoms with Crippen molar-refractivity contribution in [2.24, 2.45) is 0 Å². The summed E-state index contributed by atoms with van der Waals surface area (Å²) in [5.41, 5.74) is 5.42. The molecule has 0 unspecified atom stereocenters. The molecule has 9 nitrogen and oxygen atoms in total. The average Bonchev–Trinajstić information content (AvgIpc) is 3.39. The zero-order valence-electron chi connectivity index (χ0n) is 20.7. The van der Waals surface area contributed by atoms with Crippen molar-refractivity contribution in [3.63, 3.8) is 0 Å². The summed E-state index contributed by atoms with van der Waals surface area (Å²) in [7, 11) is 1.56. The zero-order valence-corrected chi connectivity index (χ0v) is 21.5. The number of aryl methyl sites for hydroxylation is 1. The summed E-state index contributed by atoms with van der Waals surface area (Å²) in [4.78, 5) is 22.2. The van der Waals surface area contributed by atoms with Crippen LogP contribution in [0.4, 0.5) is 5.69 Å². The van der Waals surface area contributed by atoms with E-state index in [1.807, 2.05) is 54.9 Å². The van der Waals surface area contributed by atoms with Gasteiger partial charge in [0.2, 0.25) is 0 Å². The van der Waals surface area contributed by atoms with Crippen molar-refractivity contribution >= 4 is 23.0 Å². The Hall–Kier alpha value is -4.31. The smallest absolute Gasteiger partial charge is 0.271 e. The number of rotatable bonds is 7. The predicted molar refractivity (Wildman–Crippen MR) is 144 cm³/mol. The summed E-state index contributed by atoms with van der Waals surface area (Å²) in [6, 6.07) is 16.1. The van der Waals surface area contributed by atoms with Crippen LogP contribution in [0.2, 0.25) is 0 Å². The van der Waals surface area contributed by atoms with Gasteiger partial charge in [0.25, 0.3) is 5.69 Å². The molecule has 4 aromatic rings. The van der Waals surface area contributed by atoms with Gasteiger partial charge in [-0.05, 0) is 67.5 Å². The van der Waals surface area contributed by atoms with Gasteiger partial charge in [0, 0.05) is 48.7 Å². The van der Waals surface area contributed by atoms with Crippen LogP contribution in [0.15, 0.2) is 73.2 Å². The molecule has 0 saturated carbocycles. The number of non-ortho nitro benzene ring substituents is 1. The maximum Gasteiger partial charge on any atom is 0.271 e. The number of thiocarbonyl (C=S) groups is 1. The molecule has 5 rings (SSSR count). The topological polar surface area (TPSA) is 98.3 Å². The fourth-order valence-corrected chi connectivity index (χ4v) is 5.33. The molecular weight excluding hydrogens is 488 g/mol. The SMILES string of the molecule is COc1ccc([N+](=O)[O-])cc1-n1c(C)cc([C@H]2[C@H](c3ccccn3)NC(=S)N2Cc2cccnc2)c1C. The Balaban J connectivity index is 1.66. The van der Waals surface area contributed by atoms with Gasteiger partial charge in [0.1, 0.15) is 5.75 Å². The van der Waals surface area contributed by atoms with Crippen LogP contribution in [0, 0.1) is 24.0 Å². The molecule has 1 N–H and O–H groups in total. The summed E-state index contributed by atoms with van der Waals surface area (Å²) in [6.45, 7) is 4.56. The maximum absolute atomic E-state index is 11.5. The number of benzene rings is 1. The van der Waals surface area contributed by atoms with E-state index >= 15 is 0 Å². The normalized spacial score (nSPS) is 17.1. The Kier molecular flexibility index (Phi) is 6.58. The molecule has 0 spiro atoms. The molecule has 3 aromatic heterocycles. The summed E-state index contributed by atoms with van der Waals surface area (Å²) in [5, 5.41) is 15.6. The molecule has 0 amide bonds. The number of hydrogen-bond donors (Lipinski definition) is 1. The lowest BCUT2D eigenvalue weighted by molar-refractivity contribution is -0.384. The largest absolute Gasteiger partial charge is 0.495 e. The molecule has 1 saturated heterocycles.